The van der Waals surface area contributed by atoms with Crippen LogP contribution in [0.25, 0.3) is 0 Å². The molecule has 1 aliphatic rings. The molecule has 0 aromatic carbocycles. The summed E-state index contributed by atoms with van der Waals surface area (Å²) in [5.74, 6) is 1.96. The molecular weight excluding hydrogens is 212 g/mol. The Balaban J connectivity index is 2.11. The lowest BCUT2D eigenvalue weighted by atomic mass is 9.90. The van der Waals surface area contributed by atoms with Crippen LogP contribution in [0.1, 0.15) is 62.3 Å². The molecule has 0 radical (unpaired) electrons. The van der Waals surface area contributed by atoms with Gasteiger partial charge in [-0.3, -0.25) is 0 Å². The van der Waals surface area contributed by atoms with E-state index in [2.05, 4.69) is 9.97 Å². The first-order chi connectivity index (χ1) is 8.31. The lowest BCUT2D eigenvalue weighted by molar-refractivity contribution is 0.442. The van der Waals surface area contributed by atoms with E-state index in [9.17, 15) is 0 Å². The van der Waals surface area contributed by atoms with Crippen molar-refractivity contribution in [1.82, 2.24) is 9.97 Å². The maximum atomic E-state index is 5.88. The highest BCUT2D eigenvalue weighted by Crippen LogP contribution is 2.29. The maximum absolute atomic E-state index is 5.88. The fourth-order valence-electron chi connectivity index (χ4n) is 2.50. The summed E-state index contributed by atoms with van der Waals surface area (Å²) in [5.41, 5.74) is 12.3. The van der Waals surface area contributed by atoms with Crippen molar-refractivity contribution in [1.29, 1.82) is 0 Å². The number of aromatic nitrogens is 2. The molecule has 2 rings (SSSR count). The minimum atomic E-state index is 0.413. The molecule has 1 fully saturated rings. The van der Waals surface area contributed by atoms with Crippen LogP contribution in [0.3, 0.4) is 0 Å². The summed E-state index contributed by atoms with van der Waals surface area (Å²) in [5, 5.41) is 0. The molecule has 4 N–H and O–H groups in total. The van der Waals surface area contributed by atoms with Gasteiger partial charge in [-0.2, -0.15) is 0 Å². The Bertz CT molecular complexity index is 356. The summed E-state index contributed by atoms with van der Waals surface area (Å²) in [4.78, 5) is 8.86. The van der Waals surface area contributed by atoms with E-state index in [0.29, 0.717) is 18.3 Å². The molecule has 94 valence electrons. The highest BCUT2D eigenvalue weighted by atomic mass is 15.0. The largest absolute Gasteiger partial charge is 0.383 e. The molecule has 0 amide bonds. The lowest BCUT2D eigenvalue weighted by Gasteiger charge is -2.18. The van der Waals surface area contributed by atoms with Gasteiger partial charge in [0.2, 0.25) is 0 Å². The van der Waals surface area contributed by atoms with Crippen LogP contribution in [-0.4, -0.2) is 9.97 Å². The normalized spacial score (nSPS) is 18.6. The summed E-state index contributed by atoms with van der Waals surface area (Å²) >= 11 is 0. The third-order valence-electron chi connectivity index (χ3n) is 3.61. The van der Waals surface area contributed by atoms with Gasteiger partial charge in [0.1, 0.15) is 11.6 Å². The van der Waals surface area contributed by atoms with Crippen molar-refractivity contribution >= 4 is 5.82 Å². The second kappa shape index (κ2) is 5.96. The first-order valence-corrected chi connectivity index (χ1v) is 6.62. The molecule has 0 atom stereocenters. The van der Waals surface area contributed by atoms with E-state index in [1.54, 1.807) is 6.20 Å². The zero-order valence-corrected chi connectivity index (χ0v) is 10.4. The zero-order chi connectivity index (χ0) is 12.1. The smallest absolute Gasteiger partial charge is 0.133 e. The number of nitrogens with zero attached hydrogens (tertiary/aromatic N) is 2. The van der Waals surface area contributed by atoms with Gasteiger partial charge in [-0.15, -0.1) is 0 Å². The molecule has 1 aromatic heterocycles. The first-order valence-electron chi connectivity index (χ1n) is 6.62. The van der Waals surface area contributed by atoms with Gasteiger partial charge in [-0.05, 0) is 12.8 Å². The Morgan fingerprint density at radius 1 is 1.12 bits per heavy atom. The second-order valence-corrected chi connectivity index (χ2v) is 4.88. The number of rotatable bonds is 2. The zero-order valence-electron chi connectivity index (χ0n) is 10.4. The summed E-state index contributed by atoms with van der Waals surface area (Å²) in [6, 6.07) is 0. The fourth-order valence-corrected chi connectivity index (χ4v) is 2.50. The Morgan fingerprint density at radius 2 is 1.76 bits per heavy atom. The third-order valence-corrected chi connectivity index (χ3v) is 3.61. The van der Waals surface area contributed by atoms with Crippen molar-refractivity contribution in [3.63, 3.8) is 0 Å². The van der Waals surface area contributed by atoms with E-state index in [-0.39, 0.29) is 0 Å². The second-order valence-electron chi connectivity index (χ2n) is 4.88. The van der Waals surface area contributed by atoms with Crippen LogP contribution in [-0.2, 0) is 6.54 Å². The Hall–Kier alpha value is -1.16. The summed E-state index contributed by atoms with van der Waals surface area (Å²) in [6.45, 7) is 0.413. The van der Waals surface area contributed by atoms with Gasteiger partial charge < -0.3 is 11.5 Å². The molecule has 0 aliphatic heterocycles. The Morgan fingerprint density at radius 3 is 2.35 bits per heavy atom. The number of hydrogen-bond acceptors (Lipinski definition) is 4. The fraction of sp³-hybridized carbons (Fsp3) is 0.692. The van der Waals surface area contributed by atoms with Gasteiger partial charge in [0, 0.05) is 24.2 Å². The summed E-state index contributed by atoms with van der Waals surface area (Å²) < 4.78 is 0. The molecule has 1 heterocycles. The van der Waals surface area contributed by atoms with Gasteiger partial charge in [-0.1, -0.05) is 32.1 Å². The summed E-state index contributed by atoms with van der Waals surface area (Å²) in [6.07, 6.45) is 10.8. The molecular formula is C13H22N4. The van der Waals surface area contributed by atoms with Crippen molar-refractivity contribution in [3.8, 4) is 0 Å². The van der Waals surface area contributed by atoms with Crippen molar-refractivity contribution in [2.45, 2.75) is 57.4 Å². The van der Waals surface area contributed by atoms with Crippen LogP contribution in [0.4, 0.5) is 5.82 Å². The number of anilines is 1. The van der Waals surface area contributed by atoms with Crippen LogP contribution in [0.15, 0.2) is 6.20 Å². The predicted octanol–water partition coefficient (Wildman–Crippen LogP) is 2.35. The number of nitrogens with two attached hydrogens (primary N) is 2. The Kier molecular flexibility index (Phi) is 4.31. The average Bonchev–Trinajstić information content (AvgIpc) is 2.28. The van der Waals surface area contributed by atoms with Gasteiger partial charge in [0.05, 0.1) is 0 Å². The monoisotopic (exact) mass is 234 g/mol. The van der Waals surface area contributed by atoms with Crippen LogP contribution in [0.2, 0.25) is 0 Å². The molecule has 4 nitrogen and oxygen atoms in total. The SMILES string of the molecule is NCc1cnc(C2CCCCCCC2)nc1N. The van der Waals surface area contributed by atoms with Crippen LogP contribution >= 0.6 is 0 Å². The van der Waals surface area contributed by atoms with E-state index in [4.69, 9.17) is 11.5 Å². The van der Waals surface area contributed by atoms with E-state index in [0.717, 1.165) is 11.4 Å². The van der Waals surface area contributed by atoms with Gasteiger partial charge in [-0.25, -0.2) is 9.97 Å². The lowest BCUT2D eigenvalue weighted by Crippen LogP contribution is -2.11. The number of nitrogen functional groups attached to an aromatic ring is 1. The molecule has 0 bridgehead atoms. The maximum Gasteiger partial charge on any atom is 0.133 e. The van der Waals surface area contributed by atoms with Crippen LogP contribution in [0, 0.1) is 0 Å². The highest BCUT2D eigenvalue weighted by molar-refractivity contribution is 5.37. The molecule has 17 heavy (non-hydrogen) atoms. The molecule has 1 aliphatic carbocycles. The van der Waals surface area contributed by atoms with E-state index >= 15 is 0 Å². The third kappa shape index (κ3) is 3.16. The van der Waals surface area contributed by atoms with Gasteiger partial charge in [0.15, 0.2) is 0 Å². The molecule has 0 spiro atoms. The number of hydrogen-bond donors (Lipinski definition) is 2. The topological polar surface area (TPSA) is 77.8 Å². The van der Waals surface area contributed by atoms with Crippen molar-refractivity contribution in [2.24, 2.45) is 5.73 Å². The molecule has 1 aromatic rings. The minimum Gasteiger partial charge on any atom is -0.383 e. The molecule has 1 saturated carbocycles. The Labute approximate surface area is 103 Å². The molecule has 4 heteroatoms. The van der Waals surface area contributed by atoms with E-state index < -0.39 is 0 Å². The van der Waals surface area contributed by atoms with E-state index in [1.807, 2.05) is 0 Å². The van der Waals surface area contributed by atoms with Crippen molar-refractivity contribution in [3.05, 3.63) is 17.6 Å². The molecule has 0 saturated heterocycles. The predicted molar refractivity (Wildman–Crippen MR) is 69.4 cm³/mol. The average molecular weight is 234 g/mol. The first kappa shape index (κ1) is 12.3. The highest BCUT2D eigenvalue weighted by Gasteiger charge is 2.17. The minimum absolute atomic E-state index is 0.413. The van der Waals surface area contributed by atoms with E-state index in [1.165, 1.54) is 44.9 Å². The van der Waals surface area contributed by atoms with Gasteiger partial charge in [0.25, 0.3) is 0 Å². The van der Waals surface area contributed by atoms with Gasteiger partial charge >= 0.3 is 0 Å². The van der Waals surface area contributed by atoms with Crippen LogP contribution < -0.4 is 11.5 Å². The summed E-state index contributed by atoms with van der Waals surface area (Å²) in [7, 11) is 0. The van der Waals surface area contributed by atoms with Crippen molar-refractivity contribution < 1.29 is 0 Å². The molecule has 0 unspecified atom stereocenters. The standard InChI is InChI=1S/C13H22N4/c14-8-11-9-16-13(17-12(11)15)10-6-4-2-1-3-5-7-10/h9-10H,1-8,14H2,(H2,15,16,17). The van der Waals surface area contributed by atoms with Crippen LogP contribution in [0.5, 0.6) is 0 Å². The quantitative estimate of drug-likeness (QED) is 0.823. The van der Waals surface area contributed by atoms with Crippen molar-refractivity contribution in [2.75, 3.05) is 5.73 Å².